The maximum atomic E-state index is 4.55. The van der Waals surface area contributed by atoms with E-state index in [0.29, 0.717) is 5.96 Å². The lowest BCUT2D eigenvalue weighted by Crippen LogP contribution is -2.42. The maximum Gasteiger partial charge on any atom is 0.284 e. The molecule has 0 radical (unpaired) electrons. The van der Waals surface area contributed by atoms with Gasteiger partial charge in [-0.25, -0.2) is 5.01 Å². The molecule has 0 saturated heterocycles. The molecule has 0 unspecified atom stereocenters. The van der Waals surface area contributed by atoms with Gasteiger partial charge in [-0.05, 0) is 43.3 Å². The second-order valence-electron chi connectivity index (χ2n) is 5.85. The van der Waals surface area contributed by atoms with Crippen LogP contribution in [-0.2, 0) is 0 Å². The van der Waals surface area contributed by atoms with E-state index in [9.17, 15) is 0 Å². The average molecular weight is 342 g/mol. The molecule has 0 fully saturated rings. The standard InChI is InChI=1S/C20H18N6/c1-16-12-14-17(15-13-16)21-22-20-23-26(19-10-6-3-7-11-19)24-25(20)18-8-4-2-5-9-18/h2-15,24H,1H3. The number of aryl methyl sites for hydroxylation is 1. The smallest absolute Gasteiger partial charge is 0.221 e. The normalized spacial score (nSPS) is 14.1. The van der Waals surface area contributed by atoms with Crippen molar-refractivity contribution in [2.75, 3.05) is 10.1 Å². The molecule has 4 rings (SSSR count). The summed E-state index contributed by atoms with van der Waals surface area (Å²) in [5, 5.41) is 16.7. The molecule has 1 aliphatic rings. The first-order valence-electron chi connectivity index (χ1n) is 8.33. The Morgan fingerprint density at radius 1 is 0.731 bits per heavy atom. The minimum Gasteiger partial charge on any atom is -0.221 e. The molecule has 0 aromatic heterocycles. The lowest BCUT2D eigenvalue weighted by molar-refractivity contribution is 0.718. The highest BCUT2D eigenvalue weighted by Gasteiger charge is 2.25. The lowest BCUT2D eigenvalue weighted by atomic mass is 10.2. The summed E-state index contributed by atoms with van der Waals surface area (Å²) in [5.41, 5.74) is 7.03. The second-order valence-corrected chi connectivity index (χ2v) is 5.85. The highest BCUT2D eigenvalue weighted by atomic mass is 15.9. The van der Waals surface area contributed by atoms with E-state index in [-0.39, 0.29) is 0 Å². The van der Waals surface area contributed by atoms with Crippen molar-refractivity contribution in [1.82, 2.24) is 5.53 Å². The summed E-state index contributed by atoms with van der Waals surface area (Å²) in [7, 11) is 0. The number of nitrogens with one attached hydrogen (secondary N) is 1. The number of anilines is 2. The van der Waals surface area contributed by atoms with Gasteiger partial charge in [0.15, 0.2) is 0 Å². The third kappa shape index (κ3) is 3.45. The van der Waals surface area contributed by atoms with Gasteiger partial charge in [-0.1, -0.05) is 54.1 Å². The van der Waals surface area contributed by atoms with Crippen molar-refractivity contribution in [1.29, 1.82) is 0 Å². The number of rotatable bonds is 3. The van der Waals surface area contributed by atoms with E-state index >= 15 is 0 Å². The van der Waals surface area contributed by atoms with Gasteiger partial charge in [0, 0.05) is 0 Å². The van der Waals surface area contributed by atoms with Crippen molar-refractivity contribution >= 4 is 23.0 Å². The third-order valence-corrected chi connectivity index (χ3v) is 3.89. The fraction of sp³-hybridized carbons (Fsp3) is 0.0500. The Labute approximate surface area is 152 Å². The molecule has 1 aliphatic heterocycles. The molecule has 0 bridgehead atoms. The summed E-state index contributed by atoms with van der Waals surface area (Å²) >= 11 is 0. The maximum absolute atomic E-state index is 4.55. The van der Waals surface area contributed by atoms with Crippen molar-refractivity contribution in [2.24, 2.45) is 15.3 Å². The summed E-state index contributed by atoms with van der Waals surface area (Å²) in [6.07, 6.45) is 0. The van der Waals surface area contributed by atoms with Crippen LogP contribution in [0.3, 0.4) is 0 Å². The molecule has 0 spiro atoms. The zero-order valence-corrected chi connectivity index (χ0v) is 14.3. The Balaban J connectivity index is 1.65. The quantitative estimate of drug-likeness (QED) is 0.696. The summed E-state index contributed by atoms with van der Waals surface area (Å²) in [5.74, 6) is 0.459. The van der Waals surface area contributed by atoms with Gasteiger partial charge in [-0.2, -0.15) is 5.12 Å². The number of hydrazone groups is 1. The molecular formula is C20H18N6. The van der Waals surface area contributed by atoms with Crippen LogP contribution in [0.5, 0.6) is 0 Å². The molecule has 0 amide bonds. The lowest BCUT2D eigenvalue weighted by Gasteiger charge is -2.20. The highest BCUT2D eigenvalue weighted by molar-refractivity contribution is 5.98. The van der Waals surface area contributed by atoms with Gasteiger partial charge < -0.3 is 0 Å². The Bertz CT molecular complexity index is 920. The molecule has 26 heavy (non-hydrogen) atoms. The number of benzene rings is 3. The van der Waals surface area contributed by atoms with E-state index in [1.54, 1.807) is 10.1 Å². The first-order valence-corrected chi connectivity index (χ1v) is 8.33. The summed E-state index contributed by atoms with van der Waals surface area (Å²) in [6, 6.07) is 27.6. The number of azo groups is 1. The number of hydrogen-bond donors (Lipinski definition) is 1. The highest BCUT2D eigenvalue weighted by Crippen LogP contribution is 2.22. The molecule has 6 heteroatoms. The van der Waals surface area contributed by atoms with Gasteiger partial charge in [0.25, 0.3) is 5.96 Å². The van der Waals surface area contributed by atoms with E-state index in [2.05, 4.69) is 20.9 Å². The molecule has 3 aromatic carbocycles. The predicted octanol–water partition coefficient (Wildman–Crippen LogP) is 4.80. The topological polar surface area (TPSA) is 55.6 Å². The summed E-state index contributed by atoms with van der Waals surface area (Å²) < 4.78 is 0. The van der Waals surface area contributed by atoms with Gasteiger partial charge in [0.05, 0.1) is 17.1 Å². The minimum atomic E-state index is 0.459. The van der Waals surface area contributed by atoms with Crippen LogP contribution in [-0.4, -0.2) is 5.96 Å². The van der Waals surface area contributed by atoms with Gasteiger partial charge in [0.2, 0.25) is 0 Å². The molecular weight excluding hydrogens is 324 g/mol. The largest absolute Gasteiger partial charge is 0.284 e. The van der Waals surface area contributed by atoms with Crippen LogP contribution >= 0.6 is 0 Å². The van der Waals surface area contributed by atoms with Gasteiger partial charge in [0.1, 0.15) is 0 Å². The van der Waals surface area contributed by atoms with Crippen molar-refractivity contribution < 1.29 is 0 Å². The van der Waals surface area contributed by atoms with E-state index in [0.717, 1.165) is 17.1 Å². The van der Waals surface area contributed by atoms with Crippen molar-refractivity contribution in [3.8, 4) is 0 Å². The molecule has 1 N–H and O–H groups in total. The molecule has 0 atom stereocenters. The van der Waals surface area contributed by atoms with E-state index in [4.69, 9.17) is 0 Å². The fourth-order valence-electron chi connectivity index (χ4n) is 2.51. The Morgan fingerprint density at radius 3 is 2.00 bits per heavy atom. The molecule has 0 aliphatic carbocycles. The van der Waals surface area contributed by atoms with Gasteiger partial charge in [-0.3, -0.25) is 0 Å². The number of hydrogen-bond acceptors (Lipinski definition) is 6. The molecule has 128 valence electrons. The third-order valence-electron chi connectivity index (χ3n) is 3.89. The Morgan fingerprint density at radius 2 is 1.35 bits per heavy atom. The summed E-state index contributed by atoms with van der Waals surface area (Å²) in [6.45, 7) is 2.04. The zero-order chi connectivity index (χ0) is 17.8. The molecule has 1 heterocycles. The van der Waals surface area contributed by atoms with Crippen LogP contribution in [0.2, 0.25) is 0 Å². The predicted molar refractivity (Wildman–Crippen MR) is 104 cm³/mol. The van der Waals surface area contributed by atoms with Crippen molar-refractivity contribution in [2.45, 2.75) is 6.92 Å². The first-order chi connectivity index (χ1) is 12.8. The van der Waals surface area contributed by atoms with Crippen LogP contribution in [0.25, 0.3) is 0 Å². The van der Waals surface area contributed by atoms with Gasteiger partial charge in [-0.15, -0.1) is 20.9 Å². The van der Waals surface area contributed by atoms with Crippen LogP contribution in [0.4, 0.5) is 17.1 Å². The van der Waals surface area contributed by atoms with Crippen LogP contribution in [0.15, 0.2) is 100 Å². The minimum absolute atomic E-state index is 0.459. The molecule has 0 saturated carbocycles. The van der Waals surface area contributed by atoms with E-state index < -0.39 is 0 Å². The second kappa shape index (κ2) is 7.16. The SMILES string of the molecule is Cc1ccc(N=NC2=NN(c3ccccc3)NN2c2ccccc2)cc1. The first kappa shape index (κ1) is 16.0. The molecule has 3 aromatic rings. The Kier molecular flexibility index (Phi) is 4.40. The number of guanidine groups is 1. The average Bonchev–Trinajstić information content (AvgIpc) is 3.13. The monoisotopic (exact) mass is 342 g/mol. The number of para-hydroxylation sites is 2. The van der Waals surface area contributed by atoms with Crippen molar-refractivity contribution in [3.05, 3.63) is 90.5 Å². The van der Waals surface area contributed by atoms with E-state index in [1.165, 1.54) is 5.56 Å². The fourth-order valence-corrected chi connectivity index (χ4v) is 2.51. The van der Waals surface area contributed by atoms with Gasteiger partial charge >= 0.3 is 0 Å². The number of hydrazine groups is 2. The summed E-state index contributed by atoms with van der Waals surface area (Å²) in [4.78, 5) is 0. The van der Waals surface area contributed by atoms with Crippen LogP contribution in [0.1, 0.15) is 5.56 Å². The molecule has 6 nitrogen and oxygen atoms in total. The van der Waals surface area contributed by atoms with Crippen molar-refractivity contribution in [3.63, 3.8) is 0 Å². The van der Waals surface area contributed by atoms with E-state index in [1.807, 2.05) is 91.9 Å². The van der Waals surface area contributed by atoms with Crippen LogP contribution in [0, 0.1) is 6.92 Å². The number of nitrogens with zero attached hydrogens (tertiary/aromatic N) is 5. The Hall–Kier alpha value is -3.51. The zero-order valence-electron chi connectivity index (χ0n) is 14.3. The van der Waals surface area contributed by atoms with Crippen LogP contribution < -0.4 is 15.7 Å².